The minimum Gasteiger partial charge on any atom is -0.449 e. The molecule has 2 rings (SSSR count). The van der Waals surface area contributed by atoms with E-state index in [4.69, 9.17) is 16.3 Å². The lowest BCUT2D eigenvalue weighted by Crippen LogP contribution is -2.30. The van der Waals surface area contributed by atoms with Crippen LogP contribution in [0.1, 0.15) is 34.0 Å². The van der Waals surface area contributed by atoms with Crippen LogP contribution in [0, 0.1) is 20.8 Å². The molecule has 1 amide bonds. The molecular weight excluding hydrogens is 326 g/mol. The van der Waals surface area contributed by atoms with Gasteiger partial charge in [-0.1, -0.05) is 23.7 Å². The highest BCUT2D eigenvalue weighted by Gasteiger charge is 2.19. The second-order valence-electron chi connectivity index (χ2n) is 5.80. The molecule has 0 aliphatic heterocycles. The molecule has 2 aromatic carbocycles. The summed E-state index contributed by atoms with van der Waals surface area (Å²) in [6, 6.07) is 10.5. The maximum atomic E-state index is 12.2. The SMILES string of the molecule is Cc1ccc(C(=O)OC(C)C(=O)Nc2ccc(C)c(Cl)c2)cc1C. The second kappa shape index (κ2) is 7.49. The number of carbonyl (C=O) groups is 2. The molecule has 24 heavy (non-hydrogen) atoms. The van der Waals surface area contributed by atoms with Crippen molar-refractivity contribution >= 4 is 29.2 Å². The van der Waals surface area contributed by atoms with E-state index in [1.165, 1.54) is 6.92 Å². The molecule has 0 bridgehead atoms. The summed E-state index contributed by atoms with van der Waals surface area (Å²) in [4.78, 5) is 24.3. The van der Waals surface area contributed by atoms with Gasteiger partial charge in [-0.25, -0.2) is 4.79 Å². The highest BCUT2D eigenvalue weighted by Crippen LogP contribution is 2.20. The molecule has 0 aliphatic rings. The van der Waals surface area contributed by atoms with Crippen molar-refractivity contribution in [2.45, 2.75) is 33.8 Å². The molecular formula is C19H20ClNO3. The van der Waals surface area contributed by atoms with Gasteiger partial charge in [-0.3, -0.25) is 4.79 Å². The molecule has 1 atom stereocenters. The zero-order valence-electron chi connectivity index (χ0n) is 14.1. The van der Waals surface area contributed by atoms with Crippen molar-refractivity contribution in [1.29, 1.82) is 0 Å². The van der Waals surface area contributed by atoms with Gasteiger partial charge in [0.15, 0.2) is 6.10 Å². The number of rotatable bonds is 4. The lowest BCUT2D eigenvalue weighted by atomic mass is 10.1. The Balaban J connectivity index is 2.01. The van der Waals surface area contributed by atoms with Crippen LogP contribution in [-0.2, 0) is 9.53 Å². The van der Waals surface area contributed by atoms with Gasteiger partial charge in [-0.15, -0.1) is 0 Å². The topological polar surface area (TPSA) is 55.4 Å². The summed E-state index contributed by atoms with van der Waals surface area (Å²) in [7, 11) is 0. The molecule has 0 saturated carbocycles. The van der Waals surface area contributed by atoms with Crippen LogP contribution in [0.25, 0.3) is 0 Å². The maximum absolute atomic E-state index is 12.2. The third kappa shape index (κ3) is 4.36. The molecule has 126 valence electrons. The molecule has 0 heterocycles. The Morgan fingerprint density at radius 2 is 1.67 bits per heavy atom. The average Bonchev–Trinajstić information content (AvgIpc) is 2.53. The molecule has 1 N–H and O–H groups in total. The molecule has 0 fully saturated rings. The third-order valence-electron chi connectivity index (χ3n) is 3.84. The standard InChI is InChI=1S/C19H20ClNO3/c1-11-5-7-15(9-13(11)3)19(23)24-14(4)18(22)21-16-8-6-12(2)17(20)10-16/h5-10,14H,1-4H3,(H,21,22). The Bertz CT molecular complexity index is 786. The van der Waals surface area contributed by atoms with Crippen molar-refractivity contribution in [2.24, 2.45) is 0 Å². The number of benzene rings is 2. The second-order valence-corrected chi connectivity index (χ2v) is 6.21. The first kappa shape index (κ1) is 18.0. The number of halogens is 1. The van der Waals surface area contributed by atoms with Gasteiger partial charge >= 0.3 is 5.97 Å². The predicted molar refractivity (Wildman–Crippen MR) is 95.6 cm³/mol. The number of nitrogens with one attached hydrogen (secondary N) is 1. The van der Waals surface area contributed by atoms with Crippen LogP contribution in [0.5, 0.6) is 0 Å². The van der Waals surface area contributed by atoms with Gasteiger partial charge in [-0.2, -0.15) is 0 Å². The molecule has 0 spiro atoms. The fourth-order valence-corrected chi connectivity index (χ4v) is 2.25. The first-order valence-corrected chi connectivity index (χ1v) is 8.01. The summed E-state index contributed by atoms with van der Waals surface area (Å²) in [6.07, 6.45) is -0.917. The predicted octanol–water partition coefficient (Wildman–Crippen LogP) is 4.45. The minimum atomic E-state index is -0.917. The van der Waals surface area contributed by atoms with Crippen LogP contribution < -0.4 is 5.32 Å². The number of hydrogen-bond acceptors (Lipinski definition) is 3. The number of esters is 1. The van der Waals surface area contributed by atoms with E-state index in [9.17, 15) is 9.59 Å². The normalized spacial score (nSPS) is 11.7. The summed E-state index contributed by atoms with van der Waals surface area (Å²) in [5, 5.41) is 3.25. The van der Waals surface area contributed by atoms with Crippen molar-refractivity contribution in [3.63, 3.8) is 0 Å². The van der Waals surface area contributed by atoms with Gasteiger partial charge in [0.25, 0.3) is 5.91 Å². The number of ether oxygens (including phenoxy) is 1. The average molecular weight is 346 g/mol. The zero-order valence-corrected chi connectivity index (χ0v) is 14.9. The number of amides is 1. The zero-order chi connectivity index (χ0) is 17.9. The monoisotopic (exact) mass is 345 g/mol. The van der Waals surface area contributed by atoms with E-state index >= 15 is 0 Å². The van der Waals surface area contributed by atoms with Crippen molar-refractivity contribution in [1.82, 2.24) is 0 Å². The number of hydrogen-bond donors (Lipinski definition) is 1. The molecule has 0 radical (unpaired) electrons. The highest BCUT2D eigenvalue weighted by atomic mass is 35.5. The van der Waals surface area contributed by atoms with Gasteiger partial charge in [-0.05, 0) is 68.7 Å². The Labute approximate surface area is 146 Å². The lowest BCUT2D eigenvalue weighted by molar-refractivity contribution is -0.123. The number of anilines is 1. The van der Waals surface area contributed by atoms with E-state index in [0.29, 0.717) is 16.3 Å². The summed E-state index contributed by atoms with van der Waals surface area (Å²) < 4.78 is 5.24. The first-order valence-electron chi connectivity index (χ1n) is 7.63. The van der Waals surface area contributed by atoms with E-state index < -0.39 is 18.0 Å². The van der Waals surface area contributed by atoms with Crippen molar-refractivity contribution < 1.29 is 14.3 Å². The van der Waals surface area contributed by atoms with Crippen LogP contribution in [-0.4, -0.2) is 18.0 Å². The van der Waals surface area contributed by atoms with E-state index in [0.717, 1.165) is 16.7 Å². The Hall–Kier alpha value is -2.33. The Kier molecular flexibility index (Phi) is 5.62. The van der Waals surface area contributed by atoms with Gasteiger partial charge < -0.3 is 10.1 Å². The van der Waals surface area contributed by atoms with Crippen LogP contribution in [0.2, 0.25) is 5.02 Å². The van der Waals surface area contributed by atoms with E-state index in [2.05, 4.69) is 5.32 Å². The molecule has 2 aromatic rings. The molecule has 0 aromatic heterocycles. The molecule has 4 nitrogen and oxygen atoms in total. The van der Waals surface area contributed by atoms with E-state index in [1.807, 2.05) is 32.9 Å². The quantitative estimate of drug-likeness (QED) is 0.833. The fourth-order valence-electron chi connectivity index (χ4n) is 2.07. The largest absolute Gasteiger partial charge is 0.449 e. The Morgan fingerprint density at radius 1 is 1.00 bits per heavy atom. The number of carbonyl (C=O) groups excluding carboxylic acids is 2. The van der Waals surface area contributed by atoms with Gasteiger partial charge in [0, 0.05) is 10.7 Å². The van der Waals surface area contributed by atoms with E-state index in [-0.39, 0.29) is 0 Å². The third-order valence-corrected chi connectivity index (χ3v) is 4.24. The van der Waals surface area contributed by atoms with Crippen LogP contribution in [0.3, 0.4) is 0 Å². The van der Waals surface area contributed by atoms with Crippen molar-refractivity contribution in [3.05, 3.63) is 63.7 Å². The fraction of sp³-hybridized carbons (Fsp3) is 0.263. The van der Waals surface area contributed by atoms with E-state index in [1.54, 1.807) is 24.3 Å². The summed E-state index contributed by atoms with van der Waals surface area (Å²) in [5.74, 6) is -0.935. The first-order chi connectivity index (χ1) is 11.3. The molecule has 1 unspecified atom stereocenters. The minimum absolute atomic E-state index is 0.410. The van der Waals surface area contributed by atoms with Gasteiger partial charge in [0.05, 0.1) is 5.56 Å². The lowest BCUT2D eigenvalue weighted by Gasteiger charge is -2.14. The summed E-state index contributed by atoms with van der Waals surface area (Å²) in [5.41, 5.74) is 3.99. The van der Waals surface area contributed by atoms with Crippen molar-refractivity contribution in [3.8, 4) is 0 Å². The van der Waals surface area contributed by atoms with Crippen molar-refractivity contribution in [2.75, 3.05) is 5.32 Å². The van der Waals surface area contributed by atoms with Gasteiger partial charge in [0.1, 0.15) is 0 Å². The number of aryl methyl sites for hydroxylation is 3. The smallest absolute Gasteiger partial charge is 0.338 e. The molecule has 5 heteroatoms. The molecule has 0 aliphatic carbocycles. The summed E-state index contributed by atoms with van der Waals surface area (Å²) >= 11 is 6.03. The maximum Gasteiger partial charge on any atom is 0.338 e. The summed E-state index contributed by atoms with van der Waals surface area (Å²) in [6.45, 7) is 7.29. The Morgan fingerprint density at radius 3 is 2.29 bits per heavy atom. The van der Waals surface area contributed by atoms with Crippen LogP contribution >= 0.6 is 11.6 Å². The van der Waals surface area contributed by atoms with Gasteiger partial charge in [0.2, 0.25) is 0 Å². The van der Waals surface area contributed by atoms with Crippen LogP contribution in [0.15, 0.2) is 36.4 Å². The van der Waals surface area contributed by atoms with Crippen LogP contribution in [0.4, 0.5) is 5.69 Å². The molecule has 0 saturated heterocycles. The highest BCUT2D eigenvalue weighted by molar-refractivity contribution is 6.31.